The number of carbonyl (C=O) groups excluding carboxylic acids is 1. The summed E-state index contributed by atoms with van der Waals surface area (Å²) >= 11 is 0. The summed E-state index contributed by atoms with van der Waals surface area (Å²) in [7, 11) is 0. The van der Waals surface area contributed by atoms with Crippen LogP contribution < -0.4 is 4.90 Å². The molecule has 2 heterocycles. The fraction of sp³-hybridized carbons (Fsp3) is 0.667. The normalized spacial score (nSPS) is 16.6. The summed E-state index contributed by atoms with van der Waals surface area (Å²) in [6.07, 6.45) is 4.28. The fourth-order valence-corrected chi connectivity index (χ4v) is 2.18. The predicted octanol–water partition coefficient (Wildman–Crippen LogP) is 2.23. The highest BCUT2D eigenvalue weighted by Gasteiger charge is 2.24. The minimum Gasteiger partial charge on any atom is -0.444 e. The molecule has 116 valence electrons. The molecule has 0 aliphatic carbocycles. The van der Waals surface area contributed by atoms with Gasteiger partial charge in [-0.3, -0.25) is 0 Å². The summed E-state index contributed by atoms with van der Waals surface area (Å²) in [6.45, 7) is 10.5. The van der Waals surface area contributed by atoms with Gasteiger partial charge in [0.2, 0.25) is 5.95 Å². The van der Waals surface area contributed by atoms with Crippen LogP contribution in [-0.2, 0) is 4.74 Å². The van der Waals surface area contributed by atoms with Crippen molar-refractivity contribution in [3.8, 4) is 0 Å². The molecular formula is C15H24N4O2. The average Bonchev–Trinajstić information content (AvgIpc) is 2.63. The lowest BCUT2D eigenvalue weighted by atomic mass is 10.2. The third-order valence-electron chi connectivity index (χ3n) is 3.20. The molecule has 1 fully saturated rings. The third kappa shape index (κ3) is 4.58. The zero-order valence-corrected chi connectivity index (χ0v) is 13.3. The van der Waals surface area contributed by atoms with E-state index < -0.39 is 5.60 Å². The van der Waals surface area contributed by atoms with Crippen molar-refractivity contribution in [2.24, 2.45) is 0 Å². The number of carbonyl (C=O) groups is 1. The first kappa shape index (κ1) is 15.5. The molecule has 1 aromatic rings. The van der Waals surface area contributed by atoms with E-state index in [1.54, 1.807) is 4.90 Å². The Bertz CT molecular complexity index is 481. The lowest BCUT2D eigenvalue weighted by Gasteiger charge is -2.26. The van der Waals surface area contributed by atoms with E-state index in [0.717, 1.165) is 31.0 Å². The largest absolute Gasteiger partial charge is 0.444 e. The molecular weight excluding hydrogens is 268 g/mol. The molecule has 1 aliphatic rings. The van der Waals surface area contributed by atoms with Crippen LogP contribution in [-0.4, -0.2) is 52.7 Å². The molecule has 0 atom stereocenters. The molecule has 0 aromatic carbocycles. The van der Waals surface area contributed by atoms with Crippen molar-refractivity contribution in [2.75, 3.05) is 31.1 Å². The maximum absolute atomic E-state index is 12.1. The number of ether oxygens (including phenoxy) is 1. The molecule has 0 radical (unpaired) electrons. The van der Waals surface area contributed by atoms with Crippen LogP contribution >= 0.6 is 0 Å². The summed E-state index contributed by atoms with van der Waals surface area (Å²) in [5, 5.41) is 0. The quantitative estimate of drug-likeness (QED) is 0.794. The van der Waals surface area contributed by atoms with Gasteiger partial charge in [0.05, 0.1) is 0 Å². The molecule has 2 rings (SSSR count). The van der Waals surface area contributed by atoms with Crippen LogP contribution in [0.4, 0.5) is 10.7 Å². The van der Waals surface area contributed by atoms with E-state index >= 15 is 0 Å². The van der Waals surface area contributed by atoms with Crippen LogP contribution in [0, 0.1) is 6.92 Å². The number of aromatic nitrogens is 2. The number of amides is 1. The highest BCUT2D eigenvalue weighted by molar-refractivity contribution is 5.68. The summed E-state index contributed by atoms with van der Waals surface area (Å²) in [6, 6.07) is 0. The number of hydrogen-bond donors (Lipinski definition) is 0. The monoisotopic (exact) mass is 292 g/mol. The Morgan fingerprint density at radius 1 is 1.14 bits per heavy atom. The standard InChI is InChI=1S/C15H24N4O2/c1-12-10-16-13(17-11-12)18-6-5-7-19(9-8-18)14(20)21-15(2,3)4/h10-11H,5-9H2,1-4H3. The van der Waals surface area contributed by atoms with Crippen molar-refractivity contribution < 1.29 is 9.53 Å². The summed E-state index contributed by atoms with van der Waals surface area (Å²) in [5.41, 5.74) is 0.590. The van der Waals surface area contributed by atoms with E-state index in [2.05, 4.69) is 14.9 Å². The molecule has 0 N–H and O–H groups in total. The molecule has 0 unspecified atom stereocenters. The molecule has 1 amide bonds. The van der Waals surface area contributed by atoms with E-state index in [4.69, 9.17) is 4.74 Å². The van der Waals surface area contributed by atoms with E-state index in [1.807, 2.05) is 40.1 Å². The Labute approximate surface area is 126 Å². The fourth-order valence-electron chi connectivity index (χ4n) is 2.18. The first-order valence-electron chi connectivity index (χ1n) is 7.37. The van der Waals surface area contributed by atoms with Crippen molar-refractivity contribution in [3.63, 3.8) is 0 Å². The van der Waals surface area contributed by atoms with Crippen LogP contribution in [0.15, 0.2) is 12.4 Å². The molecule has 0 saturated carbocycles. The summed E-state index contributed by atoms with van der Waals surface area (Å²) in [5.74, 6) is 0.728. The van der Waals surface area contributed by atoms with Crippen LogP contribution in [0.3, 0.4) is 0 Å². The Morgan fingerprint density at radius 2 is 1.81 bits per heavy atom. The van der Waals surface area contributed by atoms with Gasteiger partial charge in [-0.2, -0.15) is 0 Å². The molecule has 21 heavy (non-hydrogen) atoms. The van der Waals surface area contributed by atoms with Gasteiger partial charge in [-0.05, 0) is 39.7 Å². The van der Waals surface area contributed by atoms with Gasteiger partial charge in [-0.25, -0.2) is 14.8 Å². The highest BCUT2D eigenvalue weighted by Crippen LogP contribution is 2.14. The van der Waals surface area contributed by atoms with Crippen molar-refractivity contribution in [1.82, 2.24) is 14.9 Å². The smallest absolute Gasteiger partial charge is 0.410 e. The van der Waals surface area contributed by atoms with Crippen LogP contribution in [0.25, 0.3) is 0 Å². The number of nitrogens with zero attached hydrogens (tertiary/aromatic N) is 4. The first-order valence-corrected chi connectivity index (χ1v) is 7.37. The van der Waals surface area contributed by atoms with E-state index in [1.165, 1.54) is 0 Å². The second-order valence-electron chi connectivity index (χ2n) is 6.37. The Hall–Kier alpha value is -1.85. The third-order valence-corrected chi connectivity index (χ3v) is 3.20. The van der Waals surface area contributed by atoms with Crippen molar-refractivity contribution >= 4 is 12.0 Å². The number of hydrogen-bond acceptors (Lipinski definition) is 5. The van der Waals surface area contributed by atoms with Crippen LogP contribution in [0.1, 0.15) is 32.8 Å². The van der Waals surface area contributed by atoms with Gasteiger partial charge in [-0.15, -0.1) is 0 Å². The SMILES string of the molecule is Cc1cnc(N2CCCN(C(=O)OC(C)(C)C)CC2)nc1. The molecule has 0 spiro atoms. The van der Waals surface area contributed by atoms with Gasteiger partial charge < -0.3 is 14.5 Å². The van der Waals surface area contributed by atoms with Crippen molar-refractivity contribution in [3.05, 3.63) is 18.0 Å². The van der Waals surface area contributed by atoms with Crippen molar-refractivity contribution in [1.29, 1.82) is 0 Å². The Balaban J connectivity index is 1.95. The minimum atomic E-state index is -0.455. The maximum atomic E-state index is 12.1. The highest BCUT2D eigenvalue weighted by atomic mass is 16.6. The van der Waals surface area contributed by atoms with E-state index in [9.17, 15) is 4.79 Å². The number of aryl methyl sites for hydroxylation is 1. The zero-order chi connectivity index (χ0) is 15.5. The van der Waals surface area contributed by atoms with Gasteiger partial charge in [0.1, 0.15) is 5.60 Å². The lowest BCUT2D eigenvalue weighted by Crippen LogP contribution is -2.39. The lowest BCUT2D eigenvalue weighted by molar-refractivity contribution is 0.0263. The van der Waals surface area contributed by atoms with Gasteiger partial charge >= 0.3 is 6.09 Å². The second kappa shape index (κ2) is 6.28. The minimum absolute atomic E-state index is 0.242. The maximum Gasteiger partial charge on any atom is 0.410 e. The van der Waals surface area contributed by atoms with E-state index in [-0.39, 0.29) is 6.09 Å². The van der Waals surface area contributed by atoms with Crippen LogP contribution in [0.5, 0.6) is 0 Å². The first-order chi connectivity index (χ1) is 9.85. The summed E-state index contributed by atoms with van der Waals surface area (Å²) < 4.78 is 5.43. The van der Waals surface area contributed by atoms with Crippen molar-refractivity contribution in [2.45, 2.75) is 39.7 Å². The Kier molecular flexibility index (Phi) is 4.65. The predicted molar refractivity (Wildman–Crippen MR) is 81.4 cm³/mol. The van der Waals surface area contributed by atoms with Gasteiger partial charge in [0, 0.05) is 38.6 Å². The summed E-state index contributed by atoms with van der Waals surface area (Å²) in [4.78, 5) is 24.7. The number of rotatable bonds is 1. The second-order valence-corrected chi connectivity index (χ2v) is 6.37. The molecule has 0 bridgehead atoms. The molecule has 6 nitrogen and oxygen atoms in total. The molecule has 1 aromatic heterocycles. The molecule has 1 saturated heterocycles. The van der Waals surface area contributed by atoms with Gasteiger partial charge in [0.25, 0.3) is 0 Å². The van der Waals surface area contributed by atoms with Gasteiger partial charge in [-0.1, -0.05) is 0 Å². The average molecular weight is 292 g/mol. The van der Waals surface area contributed by atoms with Crippen LogP contribution in [0.2, 0.25) is 0 Å². The molecule has 1 aliphatic heterocycles. The Morgan fingerprint density at radius 3 is 2.43 bits per heavy atom. The van der Waals surface area contributed by atoms with Gasteiger partial charge in [0.15, 0.2) is 0 Å². The molecule has 6 heteroatoms. The van der Waals surface area contributed by atoms with E-state index in [0.29, 0.717) is 13.1 Å². The zero-order valence-electron chi connectivity index (χ0n) is 13.3. The number of anilines is 1. The topological polar surface area (TPSA) is 58.6 Å².